The maximum absolute atomic E-state index is 5.70. The highest BCUT2D eigenvalue weighted by atomic mass is 32.1. The van der Waals surface area contributed by atoms with E-state index in [1.807, 2.05) is 6.07 Å². The zero-order valence-electron chi connectivity index (χ0n) is 10.4. The van der Waals surface area contributed by atoms with Crippen molar-refractivity contribution in [1.29, 1.82) is 0 Å². The zero-order chi connectivity index (χ0) is 13.2. The van der Waals surface area contributed by atoms with E-state index in [4.69, 9.17) is 18.0 Å². The van der Waals surface area contributed by atoms with Gasteiger partial charge in [-0.1, -0.05) is 24.4 Å². The average Bonchev–Trinajstić information content (AvgIpc) is 3.05. The summed E-state index contributed by atoms with van der Waals surface area (Å²) in [4.78, 5) is 0.451. The summed E-state index contributed by atoms with van der Waals surface area (Å²) in [7, 11) is 0. The zero-order valence-corrected chi connectivity index (χ0v) is 12.0. The molecule has 0 saturated heterocycles. The van der Waals surface area contributed by atoms with Crippen molar-refractivity contribution >= 4 is 39.4 Å². The summed E-state index contributed by atoms with van der Waals surface area (Å²) in [5.74, 6) is 0. The highest BCUT2D eigenvalue weighted by Crippen LogP contribution is 2.19. The van der Waals surface area contributed by atoms with Crippen LogP contribution < -0.4 is 5.73 Å². The first kappa shape index (κ1) is 12.4. The van der Waals surface area contributed by atoms with E-state index in [9.17, 15) is 0 Å². The van der Waals surface area contributed by atoms with E-state index in [1.54, 1.807) is 11.3 Å². The van der Waals surface area contributed by atoms with Crippen LogP contribution in [0.15, 0.2) is 47.3 Å². The van der Waals surface area contributed by atoms with Crippen molar-refractivity contribution in [2.45, 2.75) is 13.0 Å². The molecule has 0 spiro atoms. The van der Waals surface area contributed by atoms with Gasteiger partial charge in [0.25, 0.3) is 0 Å². The van der Waals surface area contributed by atoms with Gasteiger partial charge >= 0.3 is 0 Å². The van der Waals surface area contributed by atoms with E-state index in [0.717, 1.165) is 18.5 Å². The normalized spacial score (nSPS) is 10.9. The Morgan fingerprint density at radius 3 is 2.89 bits per heavy atom. The Kier molecular flexibility index (Phi) is 3.36. The van der Waals surface area contributed by atoms with Gasteiger partial charge in [0.2, 0.25) is 0 Å². The van der Waals surface area contributed by atoms with Gasteiger partial charge in [-0.3, -0.25) is 0 Å². The molecule has 0 bridgehead atoms. The molecule has 0 atom stereocenters. The van der Waals surface area contributed by atoms with Gasteiger partial charge < -0.3 is 10.3 Å². The number of hydrogen-bond acceptors (Lipinski definition) is 2. The van der Waals surface area contributed by atoms with Gasteiger partial charge in [-0.25, -0.2) is 0 Å². The lowest BCUT2D eigenvalue weighted by Crippen LogP contribution is -2.09. The summed E-state index contributed by atoms with van der Waals surface area (Å²) < 4.78 is 2.26. The van der Waals surface area contributed by atoms with Gasteiger partial charge in [-0.05, 0) is 46.3 Å². The van der Waals surface area contributed by atoms with Crippen LogP contribution in [0.3, 0.4) is 0 Å². The number of nitrogens with two attached hydrogens (primary N) is 1. The molecule has 0 radical (unpaired) electrons. The van der Waals surface area contributed by atoms with E-state index in [0.29, 0.717) is 4.99 Å². The van der Waals surface area contributed by atoms with Crippen molar-refractivity contribution < 1.29 is 0 Å². The maximum Gasteiger partial charge on any atom is 0.104 e. The van der Waals surface area contributed by atoms with Crippen LogP contribution in [0.5, 0.6) is 0 Å². The fourth-order valence-corrected chi connectivity index (χ4v) is 3.05. The summed E-state index contributed by atoms with van der Waals surface area (Å²) in [6.45, 7) is 0.973. The quantitative estimate of drug-likeness (QED) is 0.743. The third-order valence-electron chi connectivity index (χ3n) is 3.28. The molecule has 0 aliphatic heterocycles. The molecule has 19 heavy (non-hydrogen) atoms. The fourth-order valence-electron chi connectivity index (χ4n) is 2.22. The SMILES string of the molecule is NC(=S)c1ccc2ccn(CCc3ccsc3)c2c1. The number of aromatic nitrogens is 1. The van der Waals surface area contributed by atoms with Gasteiger partial charge in [-0.2, -0.15) is 11.3 Å². The standard InChI is InChI=1S/C15H14N2S2/c16-15(18)13-2-1-12-4-7-17(14(12)9-13)6-3-11-5-8-19-10-11/h1-2,4-5,7-10H,3,6H2,(H2,16,18). The topological polar surface area (TPSA) is 30.9 Å². The molecule has 2 aromatic heterocycles. The van der Waals surface area contributed by atoms with Crippen LogP contribution in [0.2, 0.25) is 0 Å². The average molecular weight is 286 g/mol. The number of benzene rings is 1. The number of thiocarbonyl (C=S) groups is 1. The number of thiophene rings is 1. The van der Waals surface area contributed by atoms with Gasteiger partial charge in [0.1, 0.15) is 4.99 Å². The molecule has 0 aliphatic rings. The molecule has 4 heteroatoms. The second kappa shape index (κ2) is 5.15. The van der Waals surface area contributed by atoms with Gasteiger partial charge in [-0.15, -0.1) is 0 Å². The minimum absolute atomic E-state index is 0.451. The third-order valence-corrected chi connectivity index (χ3v) is 4.25. The first-order valence-electron chi connectivity index (χ1n) is 6.14. The van der Waals surface area contributed by atoms with E-state index in [1.165, 1.54) is 16.5 Å². The summed E-state index contributed by atoms with van der Waals surface area (Å²) in [6, 6.07) is 10.4. The number of aryl methyl sites for hydroxylation is 2. The molecule has 0 fully saturated rings. The van der Waals surface area contributed by atoms with Crippen LogP contribution in [0, 0.1) is 0 Å². The summed E-state index contributed by atoms with van der Waals surface area (Å²) in [5, 5.41) is 5.55. The van der Waals surface area contributed by atoms with Crippen molar-refractivity contribution in [2.24, 2.45) is 5.73 Å². The Labute approximate surface area is 121 Å². The lowest BCUT2D eigenvalue weighted by Gasteiger charge is -2.06. The van der Waals surface area contributed by atoms with E-state index in [-0.39, 0.29) is 0 Å². The van der Waals surface area contributed by atoms with Crippen LogP contribution in [0.1, 0.15) is 11.1 Å². The number of hydrogen-bond donors (Lipinski definition) is 1. The molecule has 2 nitrogen and oxygen atoms in total. The Bertz CT molecular complexity index is 711. The van der Waals surface area contributed by atoms with Crippen molar-refractivity contribution in [2.75, 3.05) is 0 Å². The third kappa shape index (κ3) is 2.55. The van der Waals surface area contributed by atoms with Crippen LogP contribution in [0.4, 0.5) is 0 Å². The second-order valence-electron chi connectivity index (χ2n) is 4.53. The maximum atomic E-state index is 5.70. The van der Waals surface area contributed by atoms with Crippen LogP contribution in [-0.4, -0.2) is 9.56 Å². The first-order valence-corrected chi connectivity index (χ1v) is 7.49. The van der Waals surface area contributed by atoms with E-state index >= 15 is 0 Å². The molecule has 0 unspecified atom stereocenters. The largest absolute Gasteiger partial charge is 0.389 e. The molecular weight excluding hydrogens is 272 g/mol. The number of nitrogens with zero attached hydrogens (tertiary/aromatic N) is 1. The second-order valence-corrected chi connectivity index (χ2v) is 5.75. The first-order chi connectivity index (χ1) is 9.24. The predicted octanol–water partition coefficient (Wildman–Crippen LogP) is 3.58. The van der Waals surface area contributed by atoms with Crippen molar-refractivity contribution in [3.8, 4) is 0 Å². The molecule has 0 saturated carbocycles. The van der Waals surface area contributed by atoms with Gasteiger partial charge in [0, 0.05) is 23.8 Å². The van der Waals surface area contributed by atoms with Crippen LogP contribution >= 0.6 is 23.6 Å². The van der Waals surface area contributed by atoms with Crippen molar-refractivity contribution in [1.82, 2.24) is 4.57 Å². The Morgan fingerprint density at radius 1 is 1.26 bits per heavy atom. The molecular formula is C15H14N2S2. The molecule has 3 aromatic rings. The monoisotopic (exact) mass is 286 g/mol. The Balaban J connectivity index is 1.90. The minimum atomic E-state index is 0.451. The molecule has 1 aromatic carbocycles. The molecule has 3 rings (SSSR count). The molecule has 0 amide bonds. The lowest BCUT2D eigenvalue weighted by atomic mass is 10.1. The highest BCUT2D eigenvalue weighted by Gasteiger charge is 2.04. The van der Waals surface area contributed by atoms with Crippen LogP contribution in [-0.2, 0) is 13.0 Å². The predicted molar refractivity (Wildman–Crippen MR) is 85.8 cm³/mol. The smallest absolute Gasteiger partial charge is 0.104 e. The van der Waals surface area contributed by atoms with Crippen LogP contribution in [0.25, 0.3) is 10.9 Å². The molecule has 2 heterocycles. The highest BCUT2D eigenvalue weighted by molar-refractivity contribution is 7.80. The molecule has 0 aliphatic carbocycles. The summed E-state index contributed by atoms with van der Waals surface area (Å²) in [5.41, 5.74) is 9.21. The minimum Gasteiger partial charge on any atom is -0.389 e. The van der Waals surface area contributed by atoms with Gasteiger partial charge in [0.05, 0.1) is 0 Å². The number of rotatable bonds is 4. The summed E-state index contributed by atoms with van der Waals surface area (Å²) >= 11 is 6.79. The Hall–Kier alpha value is -1.65. The van der Waals surface area contributed by atoms with Crippen molar-refractivity contribution in [3.05, 3.63) is 58.4 Å². The molecule has 96 valence electrons. The Morgan fingerprint density at radius 2 is 2.16 bits per heavy atom. The number of fused-ring (bicyclic) bond motifs is 1. The van der Waals surface area contributed by atoms with E-state index in [2.05, 4.69) is 45.8 Å². The van der Waals surface area contributed by atoms with E-state index < -0.39 is 0 Å². The lowest BCUT2D eigenvalue weighted by molar-refractivity contribution is 0.724. The summed E-state index contributed by atoms with van der Waals surface area (Å²) in [6.07, 6.45) is 3.17. The molecule has 2 N–H and O–H groups in total. The van der Waals surface area contributed by atoms with Crippen molar-refractivity contribution in [3.63, 3.8) is 0 Å². The van der Waals surface area contributed by atoms with Gasteiger partial charge in [0.15, 0.2) is 0 Å². The fraction of sp³-hybridized carbons (Fsp3) is 0.133.